The lowest BCUT2D eigenvalue weighted by Gasteiger charge is -2.26. The fraction of sp³-hybridized carbons (Fsp3) is 0.516. The molecule has 13 heteroatoms. The maximum Gasteiger partial charge on any atom is 0.411 e. The number of anilines is 2. The van der Waals surface area contributed by atoms with Gasteiger partial charge in [0.05, 0.1) is 37.1 Å². The number of hydrogen-bond donors (Lipinski definition) is 7. The first-order valence-electron chi connectivity index (χ1n) is 14.7. The molecule has 1 aliphatic carbocycles. The molecule has 1 saturated heterocycles. The van der Waals surface area contributed by atoms with Crippen LogP contribution in [0.3, 0.4) is 0 Å². The molecule has 1 aliphatic heterocycles. The molecule has 1 heterocycles. The number of ether oxygens (including phenoxy) is 2. The molecule has 4 rings (SSSR count). The number of hydrogen-bond acceptors (Lipinski definition) is 10. The SMILES string of the molecule is COc1cc(C(=O)N2CC3(CC3)CC2CO)c(NC(=O)OCc2ccc(NC(=O)C(C)NC(O)[C@@H](N)C(C)C)cc2)cc1O. The summed E-state index contributed by atoms with van der Waals surface area (Å²) < 4.78 is 10.5. The van der Waals surface area contributed by atoms with Crippen molar-refractivity contribution in [2.45, 2.75) is 71.0 Å². The zero-order valence-corrected chi connectivity index (χ0v) is 25.5. The number of likely N-dealkylation sites (tertiary alicyclic amines) is 1. The normalized spacial score (nSPS) is 18.9. The third kappa shape index (κ3) is 7.78. The van der Waals surface area contributed by atoms with Gasteiger partial charge >= 0.3 is 6.09 Å². The van der Waals surface area contributed by atoms with Crippen LogP contribution in [-0.4, -0.2) is 82.7 Å². The summed E-state index contributed by atoms with van der Waals surface area (Å²) in [6.07, 6.45) is 0.850. The van der Waals surface area contributed by atoms with Crippen molar-refractivity contribution in [3.05, 3.63) is 47.5 Å². The summed E-state index contributed by atoms with van der Waals surface area (Å²) in [6, 6.07) is 7.69. The number of aliphatic hydroxyl groups excluding tert-OH is 2. The van der Waals surface area contributed by atoms with Gasteiger partial charge in [-0.3, -0.25) is 20.2 Å². The van der Waals surface area contributed by atoms with Gasteiger partial charge in [-0.05, 0) is 61.3 Å². The highest BCUT2D eigenvalue weighted by Crippen LogP contribution is 2.55. The van der Waals surface area contributed by atoms with Crippen LogP contribution in [0.4, 0.5) is 16.2 Å². The van der Waals surface area contributed by atoms with Crippen molar-refractivity contribution in [1.82, 2.24) is 10.2 Å². The van der Waals surface area contributed by atoms with E-state index in [4.69, 9.17) is 15.2 Å². The Balaban J connectivity index is 1.35. The van der Waals surface area contributed by atoms with Crippen LogP contribution in [0.25, 0.3) is 0 Å². The van der Waals surface area contributed by atoms with Gasteiger partial charge in [0.1, 0.15) is 12.8 Å². The number of nitrogens with zero attached hydrogens (tertiary/aromatic N) is 1. The molecule has 2 aromatic carbocycles. The van der Waals surface area contributed by atoms with Crippen molar-refractivity contribution in [3.8, 4) is 11.5 Å². The predicted molar refractivity (Wildman–Crippen MR) is 163 cm³/mol. The number of methoxy groups -OCH3 is 1. The number of aromatic hydroxyl groups is 1. The molecule has 8 N–H and O–H groups in total. The van der Waals surface area contributed by atoms with Crippen LogP contribution in [0.15, 0.2) is 36.4 Å². The largest absolute Gasteiger partial charge is 0.504 e. The van der Waals surface area contributed by atoms with Crippen LogP contribution in [-0.2, 0) is 16.1 Å². The highest BCUT2D eigenvalue weighted by molar-refractivity contribution is 6.04. The van der Waals surface area contributed by atoms with Gasteiger partial charge in [0.15, 0.2) is 11.5 Å². The van der Waals surface area contributed by atoms with E-state index >= 15 is 0 Å². The van der Waals surface area contributed by atoms with Crippen molar-refractivity contribution in [1.29, 1.82) is 0 Å². The number of rotatable bonds is 12. The van der Waals surface area contributed by atoms with Crippen LogP contribution in [0.1, 0.15) is 56.0 Å². The molecule has 1 spiro atoms. The molecule has 4 atom stereocenters. The van der Waals surface area contributed by atoms with E-state index in [-0.39, 0.29) is 65.2 Å². The topological polar surface area (TPSA) is 196 Å². The molecule has 44 heavy (non-hydrogen) atoms. The fourth-order valence-electron chi connectivity index (χ4n) is 5.31. The first-order valence-corrected chi connectivity index (χ1v) is 14.7. The Labute approximate surface area is 256 Å². The average Bonchev–Trinajstić information content (AvgIpc) is 3.65. The van der Waals surface area contributed by atoms with E-state index in [2.05, 4.69) is 16.0 Å². The summed E-state index contributed by atoms with van der Waals surface area (Å²) >= 11 is 0. The van der Waals surface area contributed by atoms with Crippen LogP contribution in [0.2, 0.25) is 0 Å². The summed E-state index contributed by atoms with van der Waals surface area (Å²) in [6.45, 7) is 5.62. The predicted octanol–water partition coefficient (Wildman–Crippen LogP) is 2.35. The standard InChI is InChI=1S/C31H43N5O8/c1-17(2)26(32)28(40)33-18(3)27(39)34-20-7-5-19(6-8-20)15-44-30(42)35-23-12-24(38)25(43-4)11-22(23)29(41)36-16-31(9-10-31)13-21(36)14-37/h5-8,11-12,17-18,21,26,28,33,37-38,40H,9-10,13-16,32H2,1-4H3,(H,34,39)(H,35,42)/t18?,21?,26-,28?/m0/s1. The van der Waals surface area contributed by atoms with Gasteiger partial charge in [-0.15, -0.1) is 0 Å². The summed E-state index contributed by atoms with van der Waals surface area (Å²) in [5.74, 6) is -0.913. The number of carbonyl (C=O) groups excluding carboxylic acids is 3. The molecule has 0 bridgehead atoms. The van der Waals surface area contributed by atoms with Crippen molar-refractivity contribution < 1.29 is 39.2 Å². The minimum atomic E-state index is -1.04. The molecule has 13 nitrogen and oxygen atoms in total. The first-order chi connectivity index (χ1) is 20.9. The zero-order valence-electron chi connectivity index (χ0n) is 25.5. The lowest BCUT2D eigenvalue weighted by Crippen LogP contribution is -2.53. The molecular formula is C31H43N5O8. The minimum Gasteiger partial charge on any atom is -0.504 e. The Bertz CT molecular complexity index is 1350. The van der Waals surface area contributed by atoms with Crippen LogP contribution in [0, 0.1) is 11.3 Å². The van der Waals surface area contributed by atoms with Gasteiger partial charge in [-0.1, -0.05) is 26.0 Å². The summed E-state index contributed by atoms with van der Waals surface area (Å²) in [5, 5.41) is 38.5. The Kier molecular flexibility index (Phi) is 10.4. The van der Waals surface area contributed by atoms with E-state index in [1.54, 1.807) is 36.1 Å². The fourth-order valence-corrected chi connectivity index (χ4v) is 5.31. The van der Waals surface area contributed by atoms with Gasteiger partial charge < -0.3 is 40.7 Å². The van der Waals surface area contributed by atoms with Gasteiger partial charge in [0.2, 0.25) is 5.91 Å². The van der Waals surface area contributed by atoms with Gasteiger partial charge in [-0.2, -0.15) is 0 Å². The highest BCUT2D eigenvalue weighted by Gasteiger charge is 2.53. The summed E-state index contributed by atoms with van der Waals surface area (Å²) in [4.78, 5) is 40.5. The Morgan fingerprint density at radius 3 is 2.39 bits per heavy atom. The maximum atomic E-state index is 13.6. The second-order valence-electron chi connectivity index (χ2n) is 12.1. The van der Waals surface area contributed by atoms with Crippen molar-refractivity contribution in [2.75, 3.05) is 30.9 Å². The molecule has 2 fully saturated rings. The monoisotopic (exact) mass is 613 g/mol. The van der Waals surface area contributed by atoms with Crippen LogP contribution in [0.5, 0.6) is 11.5 Å². The summed E-state index contributed by atoms with van der Waals surface area (Å²) in [7, 11) is 1.36. The Morgan fingerprint density at radius 2 is 1.80 bits per heavy atom. The Hall–Kier alpha value is -3.91. The second kappa shape index (κ2) is 13.8. The van der Waals surface area contributed by atoms with Crippen molar-refractivity contribution in [3.63, 3.8) is 0 Å². The third-order valence-electron chi connectivity index (χ3n) is 8.37. The van der Waals surface area contributed by atoms with Gasteiger partial charge in [0, 0.05) is 24.3 Å². The van der Waals surface area contributed by atoms with Crippen LogP contribution < -0.4 is 26.4 Å². The molecule has 0 radical (unpaired) electrons. The van der Waals surface area contributed by atoms with E-state index in [0.29, 0.717) is 17.8 Å². The second-order valence-corrected chi connectivity index (χ2v) is 12.1. The number of nitrogens with one attached hydrogen (secondary N) is 3. The molecule has 3 amide bonds. The number of benzene rings is 2. The van der Waals surface area contributed by atoms with E-state index in [1.165, 1.54) is 19.2 Å². The van der Waals surface area contributed by atoms with E-state index in [1.807, 2.05) is 13.8 Å². The van der Waals surface area contributed by atoms with Crippen molar-refractivity contribution >= 4 is 29.3 Å². The minimum absolute atomic E-state index is 0.0296. The first kappa shape index (κ1) is 33.0. The molecule has 240 valence electrons. The number of aliphatic hydroxyl groups is 2. The zero-order chi connectivity index (χ0) is 32.2. The number of phenols is 1. The molecule has 2 aliphatic rings. The highest BCUT2D eigenvalue weighted by atomic mass is 16.5. The molecule has 1 saturated carbocycles. The van der Waals surface area contributed by atoms with Crippen molar-refractivity contribution in [2.24, 2.45) is 17.1 Å². The maximum absolute atomic E-state index is 13.6. The Morgan fingerprint density at radius 1 is 1.11 bits per heavy atom. The molecule has 0 aromatic heterocycles. The molecular weight excluding hydrogens is 570 g/mol. The van der Waals surface area contributed by atoms with Crippen LogP contribution >= 0.6 is 0 Å². The average molecular weight is 614 g/mol. The summed E-state index contributed by atoms with van der Waals surface area (Å²) in [5.41, 5.74) is 7.28. The number of nitrogens with two attached hydrogens (primary N) is 1. The van der Waals surface area contributed by atoms with E-state index in [0.717, 1.165) is 19.3 Å². The lowest BCUT2D eigenvalue weighted by atomic mass is 10.0. The molecule has 2 aromatic rings. The lowest BCUT2D eigenvalue weighted by molar-refractivity contribution is -0.118. The number of carbonyl (C=O) groups is 3. The van der Waals surface area contributed by atoms with Gasteiger partial charge in [-0.25, -0.2) is 4.79 Å². The number of amides is 3. The third-order valence-corrected chi connectivity index (χ3v) is 8.37. The smallest absolute Gasteiger partial charge is 0.411 e. The number of phenolic OH excluding ortho intramolecular Hbond substituents is 1. The van der Waals surface area contributed by atoms with E-state index in [9.17, 15) is 29.7 Å². The molecule has 3 unspecified atom stereocenters. The van der Waals surface area contributed by atoms with E-state index < -0.39 is 24.4 Å². The van der Waals surface area contributed by atoms with Gasteiger partial charge in [0.25, 0.3) is 5.91 Å². The quantitative estimate of drug-likeness (QED) is 0.175.